The fourth-order valence-corrected chi connectivity index (χ4v) is 5.27. The van der Waals surface area contributed by atoms with Crippen LogP contribution in [0.1, 0.15) is 31.4 Å². The monoisotopic (exact) mass is 584 g/mol. The quantitative estimate of drug-likeness (QED) is 0.320. The summed E-state index contributed by atoms with van der Waals surface area (Å²) in [5.74, 6) is -0.813. The van der Waals surface area contributed by atoms with Gasteiger partial charge in [0.05, 0.1) is 5.69 Å². The van der Waals surface area contributed by atoms with E-state index in [0.29, 0.717) is 10.7 Å². The van der Waals surface area contributed by atoms with Crippen molar-refractivity contribution in [1.29, 1.82) is 0 Å². The van der Waals surface area contributed by atoms with Crippen molar-refractivity contribution in [1.82, 2.24) is 14.5 Å². The van der Waals surface area contributed by atoms with Crippen LogP contribution in [-0.2, 0) is 32.8 Å². The maximum atomic E-state index is 14.2. The van der Waals surface area contributed by atoms with E-state index < -0.39 is 28.7 Å². The van der Waals surface area contributed by atoms with Crippen LogP contribution in [0.2, 0.25) is 5.02 Å². The third-order valence-corrected chi connectivity index (χ3v) is 8.67. The average molecular weight is 585 g/mol. The summed E-state index contributed by atoms with van der Waals surface area (Å²) in [5, 5.41) is 3.57. The zero-order valence-electron chi connectivity index (χ0n) is 23.3. The summed E-state index contributed by atoms with van der Waals surface area (Å²) >= 11 is 6.10. The average Bonchev–Trinajstić information content (AvgIpc) is 2.95. The Kier molecular flexibility index (Phi) is 11.1. The molecule has 0 saturated carbocycles. The first-order valence-corrected chi connectivity index (χ1v) is 14.9. The molecule has 8 nitrogen and oxygen atoms in total. The number of hydrogen-bond acceptors (Lipinski definition) is 4. The summed E-state index contributed by atoms with van der Waals surface area (Å²) in [6.07, 6.45) is 0.978. The van der Waals surface area contributed by atoms with Gasteiger partial charge in [0.15, 0.2) is 0 Å². The van der Waals surface area contributed by atoms with Gasteiger partial charge in [-0.3, -0.25) is 9.59 Å². The van der Waals surface area contributed by atoms with Gasteiger partial charge in [0.1, 0.15) is 12.6 Å². The molecule has 0 fully saturated rings. The summed E-state index contributed by atoms with van der Waals surface area (Å²) in [5.41, 5.74) is 1.98. The van der Waals surface area contributed by atoms with Crippen molar-refractivity contribution in [2.75, 3.05) is 24.9 Å². The fourth-order valence-electron chi connectivity index (χ4n) is 4.09. The van der Waals surface area contributed by atoms with Crippen LogP contribution in [0.3, 0.4) is 0 Å². The number of amides is 2. The number of para-hydroxylation sites is 1. The molecular formula is C30H37ClN4O4S. The molecule has 0 radical (unpaired) electrons. The second-order valence-electron chi connectivity index (χ2n) is 9.80. The second kappa shape index (κ2) is 14.3. The lowest BCUT2D eigenvalue weighted by Gasteiger charge is -2.35. The molecule has 3 aromatic rings. The zero-order valence-corrected chi connectivity index (χ0v) is 24.9. The Hall–Kier alpha value is -3.40. The highest BCUT2D eigenvalue weighted by molar-refractivity contribution is 7.90. The van der Waals surface area contributed by atoms with Gasteiger partial charge in [-0.05, 0) is 48.7 Å². The van der Waals surface area contributed by atoms with E-state index in [9.17, 15) is 18.0 Å². The summed E-state index contributed by atoms with van der Waals surface area (Å²) in [7, 11) is -1.19. The molecule has 0 unspecified atom stereocenters. The zero-order chi connectivity index (χ0) is 29.3. The molecule has 3 rings (SSSR count). The number of hydrogen-bond donors (Lipinski definition) is 1. The van der Waals surface area contributed by atoms with E-state index in [-0.39, 0.29) is 24.9 Å². The first kappa shape index (κ1) is 31.1. The lowest BCUT2D eigenvalue weighted by atomic mass is 10.0. The van der Waals surface area contributed by atoms with E-state index >= 15 is 0 Å². The van der Waals surface area contributed by atoms with Crippen molar-refractivity contribution >= 4 is 39.3 Å². The molecule has 1 N–H and O–H groups in total. The topological polar surface area (TPSA) is 90.0 Å². The lowest BCUT2D eigenvalue weighted by Crippen LogP contribution is -2.55. The maximum Gasteiger partial charge on any atom is 0.304 e. The Balaban J connectivity index is 2.07. The van der Waals surface area contributed by atoms with E-state index in [0.717, 1.165) is 26.2 Å². The highest BCUT2D eigenvalue weighted by atomic mass is 35.5. The summed E-state index contributed by atoms with van der Waals surface area (Å²) < 4.78 is 28.8. The Morgan fingerprint density at radius 2 is 1.45 bits per heavy atom. The van der Waals surface area contributed by atoms with Crippen molar-refractivity contribution in [3.63, 3.8) is 0 Å². The van der Waals surface area contributed by atoms with Gasteiger partial charge in [-0.1, -0.05) is 79.2 Å². The summed E-state index contributed by atoms with van der Waals surface area (Å²) in [6.45, 7) is 3.48. The minimum absolute atomic E-state index is 0.0894. The summed E-state index contributed by atoms with van der Waals surface area (Å²) in [6, 6.07) is 23.9. The van der Waals surface area contributed by atoms with Gasteiger partial charge in [0.2, 0.25) is 11.8 Å². The predicted octanol–water partition coefficient (Wildman–Crippen LogP) is 4.51. The number of carbonyl (C=O) groups excluding carboxylic acids is 2. The van der Waals surface area contributed by atoms with Gasteiger partial charge in [0.25, 0.3) is 0 Å². The molecule has 214 valence electrons. The van der Waals surface area contributed by atoms with Gasteiger partial charge in [-0.15, -0.1) is 0 Å². The Labute approximate surface area is 242 Å². The van der Waals surface area contributed by atoms with Gasteiger partial charge >= 0.3 is 10.2 Å². The molecule has 0 aliphatic heterocycles. The van der Waals surface area contributed by atoms with E-state index in [4.69, 9.17) is 11.6 Å². The fraction of sp³-hybridized carbons (Fsp3) is 0.333. The van der Waals surface area contributed by atoms with E-state index in [1.54, 1.807) is 54.6 Å². The second-order valence-corrected chi connectivity index (χ2v) is 12.3. The number of rotatable bonds is 13. The van der Waals surface area contributed by atoms with Gasteiger partial charge in [0, 0.05) is 38.1 Å². The highest BCUT2D eigenvalue weighted by Crippen LogP contribution is 2.22. The molecule has 0 heterocycles. The Bertz CT molecular complexity index is 1350. The summed E-state index contributed by atoms with van der Waals surface area (Å²) in [4.78, 5) is 29.3. The molecule has 3 aromatic carbocycles. The third kappa shape index (κ3) is 8.30. The molecule has 2 amide bonds. The first-order chi connectivity index (χ1) is 19.0. The van der Waals surface area contributed by atoms with E-state index in [1.807, 2.05) is 44.2 Å². The predicted molar refractivity (Wildman–Crippen MR) is 160 cm³/mol. The van der Waals surface area contributed by atoms with Crippen molar-refractivity contribution in [3.05, 3.63) is 101 Å². The lowest BCUT2D eigenvalue weighted by molar-refractivity contribution is -0.140. The van der Waals surface area contributed by atoms with Crippen LogP contribution in [0, 0.1) is 0 Å². The van der Waals surface area contributed by atoms with Crippen molar-refractivity contribution in [2.24, 2.45) is 0 Å². The molecule has 0 bridgehead atoms. The molecule has 0 aliphatic rings. The minimum atomic E-state index is -4.03. The van der Waals surface area contributed by atoms with Gasteiger partial charge in [-0.25, -0.2) is 4.31 Å². The van der Waals surface area contributed by atoms with Crippen LogP contribution in [0.5, 0.6) is 0 Å². The molecule has 40 heavy (non-hydrogen) atoms. The van der Waals surface area contributed by atoms with Crippen molar-refractivity contribution < 1.29 is 18.0 Å². The highest BCUT2D eigenvalue weighted by Gasteiger charge is 2.35. The van der Waals surface area contributed by atoms with Crippen LogP contribution in [0.25, 0.3) is 0 Å². The van der Waals surface area contributed by atoms with Crippen molar-refractivity contribution in [3.8, 4) is 0 Å². The molecule has 0 saturated heterocycles. The molecule has 0 aliphatic carbocycles. The van der Waals surface area contributed by atoms with Gasteiger partial charge in [-0.2, -0.15) is 12.7 Å². The van der Waals surface area contributed by atoms with Crippen LogP contribution in [-0.4, -0.2) is 62.2 Å². The van der Waals surface area contributed by atoms with Crippen LogP contribution in [0.4, 0.5) is 5.69 Å². The SMILES string of the molecule is CC[C@H](C)NC(=O)[C@H](Cc1ccccc1)N(Cc1ccc(Cl)cc1)C(=O)CN(c1ccccc1)S(=O)(=O)N(C)C. The van der Waals surface area contributed by atoms with Crippen LogP contribution < -0.4 is 9.62 Å². The Morgan fingerprint density at radius 3 is 2.00 bits per heavy atom. The van der Waals surface area contributed by atoms with Crippen molar-refractivity contribution in [2.45, 2.75) is 45.3 Å². The largest absolute Gasteiger partial charge is 0.352 e. The molecular weight excluding hydrogens is 548 g/mol. The Morgan fingerprint density at radius 1 is 0.875 bits per heavy atom. The smallest absolute Gasteiger partial charge is 0.304 e. The number of nitrogens with one attached hydrogen (secondary N) is 1. The van der Waals surface area contributed by atoms with E-state index in [2.05, 4.69) is 5.32 Å². The first-order valence-electron chi connectivity index (χ1n) is 13.2. The minimum Gasteiger partial charge on any atom is -0.352 e. The van der Waals surface area contributed by atoms with Crippen LogP contribution in [0.15, 0.2) is 84.9 Å². The normalized spacial score (nSPS) is 12.9. The molecule has 0 aromatic heterocycles. The van der Waals surface area contributed by atoms with E-state index in [1.165, 1.54) is 19.0 Å². The molecule has 10 heteroatoms. The van der Waals surface area contributed by atoms with Gasteiger partial charge < -0.3 is 10.2 Å². The van der Waals surface area contributed by atoms with Crippen LogP contribution >= 0.6 is 11.6 Å². The number of halogens is 1. The standard InChI is InChI=1S/C30H37ClN4O4S/c1-5-23(2)32-30(37)28(20-24-12-8-6-9-13-24)34(21-25-16-18-26(31)19-17-25)29(36)22-35(40(38,39)33(3)4)27-14-10-7-11-15-27/h6-19,23,28H,5,20-22H2,1-4H3,(H,32,37)/t23-,28-/m0/s1. The third-order valence-electron chi connectivity index (χ3n) is 6.60. The molecule has 0 spiro atoms. The number of benzene rings is 3. The number of nitrogens with zero attached hydrogens (tertiary/aromatic N) is 3. The molecule has 2 atom stereocenters. The number of carbonyl (C=O) groups is 2. The number of anilines is 1. The maximum absolute atomic E-state index is 14.2.